The molecule has 24 heavy (non-hydrogen) atoms. The second kappa shape index (κ2) is 6.91. The van der Waals surface area contributed by atoms with E-state index in [9.17, 15) is 13.2 Å². The zero-order chi connectivity index (χ0) is 17.2. The monoisotopic (exact) mass is 346 g/mol. The number of rotatable bonds is 5. The van der Waals surface area contributed by atoms with Gasteiger partial charge >= 0.3 is 0 Å². The Hall–Kier alpha value is -1.92. The lowest BCUT2D eigenvalue weighted by Gasteiger charge is -2.25. The predicted molar refractivity (Wildman–Crippen MR) is 96.9 cm³/mol. The molecule has 0 aliphatic carbocycles. The fraction of sp³-hybridized carbons (Fsp3) is 0.389. The van der Waals surface area contributed by atoms with Crippen LogP contribution in [0, 0.1) is 0 Å². The van der Waals surface area contributed by atoms with Gasteiger partial charge in [0.2, 0.25) is 5.91 Å². The number of fused-ring (bicyclic) bond motifs is 1. The quantitative estimate of drug-likeness (QED) is 0.902. The average Bonchev–Trinajstić information content (AvgIpc) is 2.93. The van der Waals surface area contributed by atoms with E-state index in [1.165, 1.54) is 0 Å². The smallest absolute Gasteiger partial charge is 0.238 e. The Kier molecular flexibility index (Phi) is 4.87. The lowest BCUT2D eigenvalue weighted by Crippen LogP contribution is -2.41. The fourth-order valence-corrected chi connectivity index (χ4v) is 5.03. The Morgan fingerprint density at radius 1 is 1.21 bits per heavy atom. The number of hydrogen-bond donors (Lipinski definition) is 1. The van der Waals surface area contributed by atoms with Gasteiger partial charge in [0.15, 0.2) is 9.84 Å². The fourth-order valence-electron chi connectivity index (χ4n) is 3.27. The number of anilines is 1. The molecule has 0 aromatic heterocycles. The molecule has 0 saturated carbocycles. The van der Waals surface area contributed by atoms with E-state index < -0.39 is 9.84 Å². The average molecular weight is 346 g/mol. The number of hydrogen-bond acceptors (Lipinski definition) is 4. The number of carbonyl (C=O) groups is 1. The van der Waals surface area contributed by atoms with Gasteiger partial charge in [0.1, 0.15) is 0 Å². The molecule has 1 N–H and O–H groups in total. The molecular weight excluding hydrogens is 324 g/mol. The molecular formula is C18H22N2O3S. The molecule has 3 rings (SSSR count). The van der Waals surface area contributed by atoms with E-state index in [2.05, 4.69) is 5.32 Å². The summed E-state index contributed by atoms with van der Waals surface area (Å²) in [6.45, 7) is 2.82. The van der Waals surface area contributed by atoms with Crippen LogP contribution >= 0.6 is 0 Å². The van der Waals surface area contributed by atoms with E-state index in [-0.39, 0.29) is 30.0 Å². The van der Waals surface area contributed by atoms with Gasteiger partial charge in [-0.3, -0.25) is 9.69 Å². The molecule has 1 saturated heterocycles. The van der Waals surface area contributed by atoms with Crippen LogP contribution in [0.4, 0.5) is 5.69 Å². The molecule has 1 aliphatic rings. The maximum Gasteiger partial charge on any atom is 0.238 e. The zero-order valence-electron chi connectivity index (χ0n) is 13.7. The third-order valence-electron chi connectivity index (χ3n) is 4.54. The number of sulfone groups is 1. The van der Waals surface area contributed by atoms with Gasteiger partial charge in [0.05, 0.1) is 18.1 Å². The summed E-state index contributed by atoms with van der Waals surface area (Å²) in [4.78, 5) is 14.4. The maximum absolute atomic E-state index is 12.4. The predicted octanol–water partition coefficient (Wildman–Crippen LogP) is 2.29. The number of nitrogens with one attached hydrogen (secondary N) is 1. The summed E-state index contributed by atoms with van der Waals surface area (Å²) in [6.07, 6.45) is 0.609. The Labute approximate surface area is 142 Å². The molecule has 0 radical (unpaired) electrons. The van der Waals surface area contributed by atoms with Crippen molar-refractivity contribution in [2.24, 2.45) is 0 Å². The van der Waals surface area contributed by atoms with Gasteiger partial charge < -0.3 is 5.32 Å². The molecule has 1 heterocycles. The van der Waals surface area contributed by atoms with Crippen molar-refractivity contribution in [1.29, 1.82) is 0 Å². The first-order valence-corrected chi connectivity index (χ1v) is 10.0. The van der Waals surface area contributed by atoms with Crippen LogP contribution in [-0.2, 0) is 14.6 Å². The Morgan fingerprint density at radius 2 is 1.96 bits per heavy atom. The highest BCUT2D eigenvalue weighted by Gasteiger charge is 2.32. The summed E-state index contributed by atoms with van der Waals surface area (Å²) in [5.41, 5.74) is 0.785. The van der Waals surface area contributed by atoms with Gasteiger partial charge in [0.25, 0.3) is 0 Å². The topological polar surface area (TPSA) is 66.5 Å². The molecule has 128 valence electrons. The molecule has 0 spiro atoms. The van der Waals surface area contributed by atoms with E-state index in [0.29, 0.717) is 13.0 Å². The molecule has 1 unspecified atom stereocenters. The first-order chi connectivity index (χ1) is 11.5. The molecule has 1 amide bonds. The summed E-state index contributed by atoms with van der Waals surface area (Å²) in [7, 11) is -2.95. The molecule has 5 nitrogen and oxygen atoms in total. The second-order valence-electron chi connectivity index (χ2n) is 6.19. The van der Waals surface area contributed by atoms with Crippen molar-refractivity contribution in [3.63, 3.8) is 0 Å². The van der Waals surface area contributed by atoms with E-state index in [0.717, 1.165) is 16.5 Å². The SMILES string of the molecule is CCN(CC(=O)Nc1cccc2ccccc12)C1CCS(=O)(=O)C1. The Morgan fingerprint density at radius 3 is 2.67 bits per heavy atom. The van der Waals surface area contributed by atoms with Crippen LogP contribution in [0.25, 0.3) is 10.8 Å². The zero-order valence-corrected chi connectivity index (χ0v) is 14.6. The molecule has 1 atom stereocenters. The third kappa shape index (κ3) is 3.76. The molecule has 0 bridgehead atoms. The summed E-state index contributed by atoms with van der Waals surface area (Å²) < 4.78 is 23.3. The molecule has 6 heteroatoms. The lowest BCUT2D eigenvalue weighted by molar-refractivity contribution is -0.117. The minimum atomic E-state index is -2.95. The third-order valence-corrected chi connectivity index (χ3v) is 6.29. The van der Waals surface area contributed by atoms with Crippen molar-refractivity contribution in [2.75, 3.05) is 29.9 Å². The van der Waals surface area contributed by atoms with Crippen LogP contribution in [-0.4, -0.2) is 49.9 Å². The number of benzene rings is 2. The first kappa shape index (κ1) is 16.9. The normalized spacial score (nSPS) is 19.7. The summed E-state index contributed by atoms with van der Waals surface area (Å²) in [6, 6.07) is 13.6. The number of amides is 1. The van der Waals surface area contributed by atoms with Crippen molar-refractivity contribution >= 4 is 32.2 Å². The van der Waals surface area contributed by atoms with Gasteiger partial charge in [-0.05, 0) is 24.4 Å². The van der Waals surface area contributed by atoms with Crippen LogP contribution in [0.1, 0.15) is 13.3 Å². The summed E-state index contributed by atoms with van der Waals surface area (Å²) in [5.74, 6) is 0.263. The standard InChI is InChI=1S/C18H22N2O3S/c1-2-20(15-10-11-24(22,23)13-15)12-18(21)19-17-9-5-7-14-6-3-4-8-16(14)17/h3-9,15H,2,10-13H2,1H3,(H,19,21). The van der Waals surface area contributed by atoms with E-state index in [4.69, 9.17) is 0 Å². The Bertz CT molecular complexity index is 843. The van der Waals surface area contributed by atoms with Crippen molar-refractivity contribution in [3.05, 3.63) is 42.5 Å². The van der Waals surface area contributed by atoms with Crippen molar-refractivity contribution in [3.8, 4) is 0 Å². The number of carbonyl (C=O) groups excluding carboxylic acids is 1. The van der Waals surface area contributed by atoms with Gasteiger partial charge in [-0.15, -0.1) is 0 Å². The molecule has 2 aromatic rings. The van der Waals surface area contributed by atoms with Crippen LogP contribution in [0.5, 0.6) is 0 Å². The van der Waals surface area contributed by atoms with Crippen molar-refractivity contribution in [2.45, 2.75) is 19.4 Å². The second-order valence-corrected chi connectivity index (χ2v) is 8.42. The lowest BCUT2D eigenvalue weighted by atomic mass is 10.1. The van der Waals surface area contributed by atoms with Crippen LogP contribution in [0.2, 0.25) is 0 Å². The van der Waals surface area contributed by atoms with Crippen molar-refractivity contribution in [1.82, 2.24) is 4.90 Å². The van der Waals surface area contributed by atoms with Gasteiger partial charge in [0, 0.05) is 17.1 Å². The van der Waals surface area contributed by atoms with Crippen molar-refractivity contribution < 1.29 is 13.2 Å². The van der Waals surface area contributed by atoms with E-state index >= 15 is 0 Å². The highest BCUT2D eigenvalue weighted by Crippen LogP contribution is 2.23. The van der Waals surface area contributed by atoms with Gasteiger partial charge in [-0.2, -0.15) is 0 Å². The minimum absolute atomic E-state index is 0.0572. The highest BCUT2D eigenvalue weighted by atomic mass is 32.2. The van der Waals surface area contributed by atoms with Gasteiger partial charge in [-0.1, -0.05) is 43.3 Å². The van der Waals surface area contributed by atoms with Crippen LogP contribution in [0.15, 0.2) is 42.5 Å². The first-order valence-electron chi connectivity index (χ1n) is 8.20. The number of likely N-dealkylation sites (N-methyl/N-ethyl adjacent to an activating group) is 1. The van der Waals surface area contributed by atoms with E-state index in [1.54, 1.807) is 0 Å². The van der Waals surface area contributed by atoms with E-state index in [1.807, 2.05) is 54.3 Å². The largest absolute Gasteiger partial charge is 0.324 e. The highest BCUT2D eigenvalue weighted by molar-refractivity contribution is 7.91. The Balaban J connectivity index is 1.70. The maximum atomic E-state index is 12.4. The minimum Gasteiger partial charge on any atom is -0.324 e. The summed E-state index contributed by atoms with van der Waals surface area (Å²) in [5, 5.41) is 5.04. The molecule has 2 aromatic carbocycles. The molecule has 1 fully saturated rings. The number of nitrogens with zero attached hydrogens (tertiary/aromatic N) is 1. The van der Waals surface area contributed by atoms with Crippen LogP contribution in [0.3, 0.4) is 0 Å². The molecule has 1 aliphatic heterocycles. The van der Waals surface area contributed by atoms with Gasteiger partial charge in [-0.25, -0.2) is 8.42 Å². The van der Waals surface area contributed by atoms with Crippen LogP contribution < -0.4 is 5.32 Å². The summed E-state index contributed by atoms with van der Waals surface area (Å²) >= 11 is 0.